The van der Waals surface area contributed by atoms with Gasteiger partial charge in [0, 0.05) is 37.9 Å². The van der Waals surface area contributed by atoms with E-state index in [1.807, 2.05) is 16.8 Å². The number of hydrogen-bond acceptors (Lipinski definition) is 10. The number of aliphatic carboxylic acids is 2. The highest BCUT2D eigenvalue weighted by molar-refractivity contribution is 6.03. The molecule has 3 aromatic rings. The number of nitrogens with zero attached hydrogens (tertiary/aromatic N) is 4. The maximum Gasteiger partial charge on any atom is 0.321 e. The summed E-state index contributed by atoms with van der Waals surface area (Å²) in [4.78, 5) is 35.5. The number of rotatable bonds is 10. The second kappa shape index (κ2) is 12.5. The summed E-state index contributed by atoms with van der Waals surface area (Å²) in [6, 6.07) is 8.56. The summed E-state index contributed by atoms with van der Waals surface area (Å²) in [5, 5.41) is 37.0. The molecule has 0 bridgehead atoms. The van der Waals surface area contributed by atoms with E-state index in [4.69, 9.17) is 20.6 Å². The number of ether oxygens (including phenoxy) is 2. The maximum absolute atomic E-state index is 15.7. The minimum Gasteiger partial charge on any atom is -0.504 e. The van der Waals surface area contributed by atoms with Gasteiger partial charge in [-0.2, -0.15) is 4.39 Å². The van der Waals surface area contributed by atoms with Gasteiger partial charge in [0.1, 0.15) is 17.4 Å². The number of aliphatic imine (C=N–C) groups is 1. The van der Waals surface area contributed by atoms with Gasteiger partial charge < -0.3 is 40.3 Å². The molecule has 1 aromatic heterocycles. The molecule has 0 saturated heterocycles. The Morgan fingerprint density at radius 2 is 1.78 bits per heavy atom. The Morgan fingerprint density at radius 3 is 2.39 bits per heavy atom. The van der Waals surface area contributed by atoms with Crippen LogP contribution in [0.4, 0.5) is 14.5 Å². The van der Waals surface area contributed by atoms with Crippen molar-refractivity contribution in [3.8, 4) is 28.9 Å². The number of carboxylic acids is 2. The summed E-state index contributed by atoms with van der Waals surface area (Å²) < 4.78 is 41.9. The van der Waals surface area contributed by atoms with Crippen LogP contribution in [-0.2, 0) is 9.59 Å². The van der Waals surface area contributed by atoms with Gasteiger partial charge in [0.2, 0.25) is 11.6 Å². The second-order valence-electron chi connectivity index (χ2n) is 11.2. The average molecular weight is 639 g/mol. The Balaban J connectivity index is 1.45. The predicted octanol–water partition coefficient (Wildman–Crippen LogP) is 4.16. The van der Waals surface area contributed by atoms with Crippen molar-refractivity contribution in [2.45, 2.75) is 31.7 Å². The van der Waals surface area contributed by atoms with E-state index in [1.165, 1.54) is 24.3 Å². The molecule has 1 fully saturated rings. The molecule has 2 aromatic carbocycles. The van der Waals surface area contributed by atoms with Crippen molar-refractivity contribution in [1.82, 2.24) is 9.88 Å². The van der Waals surface area contributed by atoms with Crippen LogP contribution in [0.1, 0.15) is 36.8 Å². The molecular weight excluding hydrogens is 606 g/mol. The molecule has 0 radical (unpaired) electrons. The van der Waals surface area contributed by atoms with Crippen LogP contribution >= 0.6 is 0 Å². The fraction of sp³-hybridized carbons (Fsp3) is 0.323. The zero-order chi connectivity index (χ0) is 33.3. The number of aromatic hydroxyl groups is 1. The first kappa shape index (κ1) is 31.9. The zero-order valence-electron chi connectivity index (χ0n) is 25.0. The van der Waals surface area contributed by atoms with Crippen LogP contribution in [-0.4, -0.2) is 82.0 Å². The molecule has 46 heavy (non-hydrogen) atoms. The van der Waals surface area contributed by atoms with Crippen LogP contribution in [0.15, 0.2) is 47.6 Å². The molecule has 15 heteroatoms. The van der Waals surface area contributed by atoms with Crippen molar-refractivity contribution in [2.24, 2.45) is 16.1 Å². The van der Waals surface area contributed by atoms with E-state index in [-0.39, 0.29) is 41.8 Å². The number of nitrogens with two attached hydrogens (primary N) is 1. The van der Waals surface area contributed by atoms with Crippen molar-refractivity contribution in [3.63, 3.8) is 0 Å². The lowest BCUT2D eigenvalue weighted by Crippen LogP contribution is -2.46. The van der Waals surface area contributed by atoms with E-state index in [0.29, 0.717) is 49.2 Å². The van der Waals surface area contributed by atoms with E-state index in [1.54, 1.807) is 19.2 Å². The van der Waals surface area contributed by atoms with Gasteiger partial charge in [0.05, 0.1) is 18.3 Å². The lowest BCUT2D eigenvalue weighted by atomic mass is 9.72. The van der Waals surface area contributed by atoms with Gasteiger partial charge in [0.15, 0.2) is 22.7 Å². The largest absolute Gasteiger partial charge is 0.504 e. The number of nitrogen functional groups attached to an aromatic ring is 1. The number of pyridine rings is 1. The summed E-state index contributed by atoms with van der Waals surface area (Å²) in [6.07, 6.45) is 1.29. The summed E-state index contributed by atoms with van der Waals surface area (Å²) in [5.74, 6) is -7.02. The molecule has 5 rings (SSSR count). The minimum absolute atomic E-state index is 0.0298. The van der Waals surface area contributed by atoms with Crippen molar-refractivity contribution >= 4 is 29.3 Å². The Hall–Kier alpha value is -5.47. The number of amidine groups is 2. The van der Waals surface area contributed by atoms with Crippen molar-refractivity contribution in [1.29, 1.82) is 5.41 Å². The lowest BCUT2D eigenvalue weighted by molar-refractivity contribution is -0.167. The molecule has 0 amide bonds. The summed E-state index contributed by atoms with van der Waals surface area (Å²) in [5.41, 5.74) is 4.97. The normalized spacial score (nSPS) is 16.1. The van der Waals surface area contributed by atoms with Crippen molar-refractivity contribution in [2.75, 3.05) is 32.1 Å². The molecule has 1 saturated carbocycles. The molecule has 0 atom stereocenters. The van der Waals surface area contributed by atoms with Crippen LogP contribution < -0.4 is 20.1 Å². The monoisotopic (exact) mass is 638 g/mol. The second-order valence-corrected chi connectivity index (χ2v) is 11.2. The minimum atomic E-state index is -1.82. The smallest absolute Gasteiger partial charge is 0.321 e. The SMILES string of the molecule is CN1CCN=C1c1cc(N(C)C2CCC(C(=O)O)(C(=O)O)CC2)ccc1Oc1c(F)cnc(Oc2cc(C(=N)N)ccc2O)c1F. The van der Waals surface area contributed by atoms with Crippen LogP contribution in [0.3, 0.4) is 0 Å². The molecule has 2 heterocycles. The van der Waals surface area contributed by atoms with E-state index in [0.717, 1.165) is 0 Å². The van der Waals surface area contributed by atoms with Gasteiger partial charge in [-0.25, -0.2) is 9.37 Å². The average Bonchev–Trinajstić information content (AvgIpc) is 3.46. The number of hydrogen-bond donors (Lipinski definition) is 5. The van der Waals surface area contributed by atoms with E-state index in [9.17, 15) is 24.9 Å². The van der Waals surface area contributed by atoms with Gasteiger partial charge in [-0.1, -0.05) is 0 Å². The maximum atomic E-state index is 15.7. The van der Waals surface area contributed by atoms with E-state index < -0.39 is 46.4 Å². The number of likely N-dealkylation sites (N-methyl/N-ethyl adjacent to an activating group) is 1. The first-order chi connectivity index (χ1) is 21.8. The summed E-state index contributed by atoms with van der Waals surface area (Å²) in [6.45, 7) is 1.09. The molecule has 242 valence electrons. The van der Waals surface area contributed by atoms with Gasteiger partial charge >= 0.3 is 11.9 Å². The number of phenols is 1. The Bertz CT molecular complexity index is 1730. The Kier molecular flexibility index (Phi) is 8.68. The van der Waals surface area contributed by atoms with Gasteiger partial charge in [0.25, 0.3) is 5.88 Å². The molecule has 13 nitrogen and oxygen atoms in total. The van der Waals surface area contributed by atoms with Crippen LogP contribution in [0, 0.1) is 22.5 Å². The predicted molar refractivity (Wildman–Crippen MR) is 162 cm³/mol. The highest BCUT2D eigenvalue weighted by atomic mass is 19.1. The Morgan fingerprint density at radius 1 is 1.09 bits per heavy atom. The number of nitrogens with one attached hydrogen (secondary N) is 1. The quantitative estimate of drug-likeness (QED) is 0.122. The highest BCUT2D eigenvalue weighted by Gasteiger charge is 2.49. The molecule has 6 N–H and O–H groups in total. The molecule has 0 spiro atoms. The highest BCUT2D eigenvalue weighted by Crippen LogP contribution is 2.41. The molecule has 0 unspecified atom stereocenters. The Labute approximate surface area is 262 Å². The van der Waals surface area contributed by atoms with Gasteiger partial charge in [-0.05, 0) is 62.1 Å². The van der Waals surface area contributed by atoms with Crippen molar-refractivity contribution in [3.05, 3.63) is 65.4 Å². The third kappa shape index (κ3) is 5.95. The number of aromatic nitrogens is 1. The number of halogens is 2. The van der Waals surface area contributed by atoms with Gasteiger partial charge in [-0.3, -0.25) is 20.0 Å². The lowest BCUT2D eigenvalue weighted by Gasteiger charge is -2.39. The van der Waals surface area contributed by atoms with Crippen LogP contribution in [0.5, 0.6) is 28.9 Å². The number of anilines is 1. The number of carboxylic acid groups (broad SMARTS) is 2. The fourth-order valence-electron chi connectivity index (χ4n) is 5.61. The first-order valence-electron chi connectivity index (χ1n) is 14.3. The fourth-order valence-corrected chi connectivity index (χ4v) is 5.61. The molecule has 1 aliphatic carbocycles. The topological polar surface area (TPSA) is 195 Å². The zero-order valence-corrected chi connectivity index (χ0v) is 25.0. The van der Waals surface area contributed by atoms with E-state index >= 15 is 8.78 Å². The molecule has 1 aliphatic heterocycles. The number of benzene rings is 2. The number of phenolic OH excluding ortho intramolecular Hbond substituents is 1. The van der Waals surface area contributed by atoms with Crippen molar-refractivity contribution < 1.29 is 43.2 Å². The third-order valence-electron chi connectivity index (χ3n) is 8.43. The summed E-state index contributed by atoms with van der Waals surface area (Å²) in [7, 11) is 3.62. The first-order valence-corrected chi connectivity index (χ1v) is 14.3. The standard InChI is InChI=1S/C31H32F2N6O7/c1-38-12-11-36-27(38)19-14-18(39(2)17-7-9-31(10-8-17,29(41)42)30(43)44)4-6-22(19)45-25-20(32)15-37-28(24(25)33)46-23-13-16(26(34)35)3-5-21(23)40/h3-6,13-15,17,40H,7-12H2,1-2H3,(H3,34,35)(H,41,42)(H,43,44). The van der Waals surface area contributed by atoms with Gasteiger partial charge in [-0.15, -0.1) is 0 Å². The number of carbonyl (C=O) groups is 2. The third-order valence-corrected chi connectivity index (χ3v) is 8.43. The van der Waals surface area contributed by atoms with Crippen LogP contribution in [0.25, 0.3) is 0 Å². The molecule has 2 aliphatic rings. The molecular formula is C31H32F2N6O7. The van der Waals surface area contributed by atoms with Crippen LogP contribution in [0.2, 0.25) is 0 Å². The van der Waals surface area contributed by atoms with E-state index in [2.05, 4.69) is 9.98 Å². The summed E-state index contributed by atoms with van der Waals surface area (Å²) >= 11 is 0.